The predicted octanol–water partition coefficient (Wildman–Crippen LogP) is 3.74. The molecular weight excluding hydrogens is 263 g/mol. The van der Waals surface area contributed by atoms with E-state index in [-0.39, 0.29) is 0 Å². The molecule has 0 saturated heterocycles. The van der Waals surface area contributed by atoms with Crippen LogP contribution < -0.4 is 5.32 Å². The Balaban J connectivity index is 1.89. The van der Waals surface area contributed by atoms with Crippen LogP contribution in [0.3, 0.4) is 0 Å². The van der Waals surface area contributed by atoms with E-state index in [0.717, 1.165) is 23.7 Å². The van der Waals surface area contributed by atoms with E-state index in [4.69, 9.17) is 23.2 Å². The van der Waals surface area contributed by atoms with Crippen molar-refractivity contribution in [1.82, 2.24) is 10.3 Å². The molecule has 0 atom stereocenters. The lowest BCUT2D eigenvalue weighted by atomic mass is 10.2. The fourth-order valence-electron chi connectivity index (χ4n) is 1.37. The quantitative estimate of drug-likeness (QED) is 0.917. The number of hydrogen-bond acceptors (Lipinski definition) is 3. The Hall–Kier alpha value is -0.610. The number of aromatic nitrogens is 1. The molecule has 1 aromatic carbocycles. The standard InChI is InChI=1S/C11H10Cl2N2S/c12-9-3-8(4-10(13)5-9)6-14-7-11-15-1-2-16-11/h1-5,14H,6-7H2. The number of nitrogens with one attached hydrogen (secondary N) is 1. The molecule has 2 nitrogen and oxygen atoms in total. The second kappa shape index (κ2) is 5.64. The maximum Gasteiger partial charge on any atom is 0.106 e. The van der Waals surface area contributed by atoms with Gasteiger partial charge in [0.05, 0.1) is 0 Å². The molecule has 1 N–H and O–H groups in total. The highest BCUT2D eigenvalue weighted by Crippen LogP contribution is 2.18. The van der Waals surface area contributed by atoms with Gasteiger partial charge in [0.15, 0.2) is 0 Å². The van der Waals surface area contributed by atoms with Crippen molar-refractivity contribution >= 4 is 34.5 Å². The topological polar surface area (TPSA) is 24.9 Å². The van der Waals surface area contributed by atoms with E-state index in [1.165, 1.54) is 0 Å². The van der Waals surface area contributed by atoms with Gasteiger partial charge in [-0.25, -0.2) is 4.98 Å². The molecule has 0 spiro atoms. The molecule has 0 aliphatic heterocycles. The van der Waals surface area contributed by atoms with E-state index in [2.05, 4.69) is 10.3 Å². The van der Waals surface area contributed by atoms with Gasteiger partial charge in [-0.05, 0) is 23.8 Å². The van der Waals surface area contributed by atoms with Gasteiger partial charge in [-0.1, -0.05) is 23.2 Å². The molecule has 0 aliphatic rings. The lowest BCUT2D eigenvalue weighted by Crippen LogP contribution is -2.12. The normalized spacial score (nSPS) is 10.6. The van der Waals surface area contributed by atoms with Crippen LogP contribution in [0.15, 0.2) is 29.8 Å². The van der Waals surface area contributed by atoms with Crippen LogP contribution in [0.25, 0.3) is 0 Å². The van der Waals surface area contributed by atoms with Gasteiger partial charge in [0.1, 0.15) is 5.01 Å². The Morgan fingerprint density at radius 2 is 1.88 bits per heavy atom. The average molecular weight is 273 g/mol. The van der Waals surface area contributed by atoms with Crippen molar-refractivity contribution in [3.05, 3.63) is 50.4 Å². The van der Waals surface area contributed by atoms with Crippen molar-refractivity contribution in [2.75, 3.05) is 0 Å². The van der Waals surface area contributed by atoms with Crippen molar-refractivity contribution in [2.45, 2.75) is 13.1 Å². The zero-order valence-corrected chi connectivity index (χ0v) is 10.7. The van der Waals surface area contributed by atoms with Gasteiger partial charge in [0.25, 0.3) is 0 Å². The molecule has 2 aromatic rings. The van der Waals surface area contributed by atoms with Crippen LogP contribution in [-0.4, -0.2) is 4.98 Å². The number of hydrogen-bond donors (Lipinski definition) is 1. The van der Waals surface area contributed by atoms with Gasteiger partial charge in [0, 0.05) is 34.7 Å². The van der Waals surface area contributed by atoms with Crippen molar-refractivity contribution < 1.29 is 0 Å². The third-order valence-corrected chi connectivity index (χ3v) is 3.23. The van der Waals surface area contributed by atoms with Gasteiger partial charge < -0.3 is 5.32 Å². The first-order chi connectivity index (χ1) is 7.74. The van der Waals surface area contributed by atoms with Gasteiger partial charge >= 0.3 is 0 Å². The summed E-state index contributed by atoms with van der Waals surface area (Å²) in [5.41, 5.74) is 1.08. The Morgan fingerprint density at radius 1 is 1.12 bits per heavy atom. The van der Waals surface area contributed by atoms with Crippen molar-refractivity contribution in [3.8, 4) is 0 Å². The Labute approximate surface area is 108 Å². The van der Waals surface area contributed by atoms with Crippen molar-refractivity contribution in [1.29, 1.82) is 0 Å². The highest BCUT2D eigenvalue weighted by molar-refractivity contribution is 7.09. The van der Waals surface area contributed by atoms with Gasteiger partial charge in [0.2, 0.25) is 0 Å². The van der Waals surface area contributed by atoms with Crippen molar-refractivity contribution in [2.24, 2.45) is 0 Å². The maximum absolute atomic E-state index is 5.91. The van der Waals surface area contributed by atoms with E-state index < -0.39 is 0 Å². The van der Waals surface area contributed by atoms with Crippen LogP contribution >= 0.6 is 34.5 Å². The summed E-state index contributed by atoms with van der Waals surface area (Å²) in [6.45, 7) is 1.50. The molecule has 0 unspecified atom stereocenters. The fourth-order valence-corrected chi connectivity index (χ4v) is 2.52. The Bertz CT molecular complexity index is 437. The molecule has 1 aromatic heterocycles. The molecule has 16 heavy (non-hydrogen) atoms. The Kier molecular flexibility index (Phi) is 4.18. The molecule has 0 amide bonds. The predicted molar refractivity (Wildman–Crippen MR) is 69.1 cm³/mol. The summed E-state index contributed by atoms with van der Waals surface area (Å²) in [4.78, 5) is 4.19. The average Bonchev–Trinajstić information content (AvgIpc) is 2.69. The van der Waals surface area contributed by atoms with E-state index in [1.807, 2.05) is 17.5 Å². The smallest absolute Gasteiger partial charge is 0.106 e. The third-order valence-electron chi connectivity index (χ3n) is 2.01. The van der Waals surface area contributed by atoms with Crippen LogP contribution in [0.4, 0.5) is 0 Å². The summed E-state index contributed by atoms with van der Waals surface area (Å²) in [6.07, 6.45) is 1.80. The largest absolute Gasteiger partial charge is 0.306 e. The minimum Gasteiger partial charge on any atom is -0.306 e. The first-order valence-electron chi connectivity index (χ1n) is 4.78. The van der Waals surface area contributed by atoms with Crippen LogP contribution in [0.5, 0.6) is 0 Å². The first-order valence-corrected chi connectivity index (χ1v) is 6.41. The molecular formula is C11H10Cl2N2S. The zero-order chi connectivity index (χ0) is 11.4. The summed E-state index contributed by atoms with van der Waals surface area (Å²) in [5.74, 6) is 0. The molecule has 84 valence electrons. The SMILES string of the molecule is Clc1cc(Cl)cc(CNCc2nccs2)c1. The lowest BCUT2D eigenvalue weighted by Gasteiger charge is -2.04. The van der Waals surface area contributed by atoms with E-state index in [0.29, 0.717) is 10.0 Å². The summed E-state index contributed by atoms with van der Waals surface area (Å²) < 4.78 is 0. The molecule has 0 saturated carbocycles. The van der Waals surface area contributed by atoms with Crippen molar-refractivity contribution in [3.63, 3.8) is 0 Å². The molecule has 1 heterocycles. The number of halogens is 2. The second-order valence-corrected chi connectivity index (χ2v) is 5.16. The summed E-state index contributed by atoms with van der Waals surface area (Å²) in [7, 11) is 0. The highest BCUT2D eigenvalue weighted by atomic mass is 35.5. The number of benzene rings is 1. The van der Waals surface area contributed by atoms with Crippen LogP contribution in [0.1, 0.15) is 10.6 Å². The third kappa shape index (κ3) is 3.46. The van der Waals surface area contributed by atoms with Gasteiger partial charge in [-0.2, -0.15) is 0 Å². The monoisotopic (exact) mass is 272 g/mol. The molecule has 2 rings (SSSR count). The fraction of sp³-hybridized carbons (Fsp3) is 0.182. The van der Waals surface area contributed by atoms with Gasteiger partial charge in [-0.15, -0.1) is 11.3 Å². The van der Waals surface area contributed by atoms with E-state index >= 15 is 0 Å². The van der Waals surface area contributed by atoms with Gasteiger partial charge in [-0.3, -0.25) is 0 Å². The minimum atomic E-state index is 0.665. The number of rotatable bonds is 4. The van der Waals surface area contributed by atoms with E-state index in [9.17, 15) is 0 Å². The zero-order valence-electron chi connectivity index (χ0n) is 8.41. The lowest BCUT2D eigenvalue weighted by molar-refractivity contribution is 0.690. The van der Waals surface area contributed by atoms with Crippen LogP contribution in [0.2, 0.25) is 10.0 Å². The number of thiazole rings is 1. The van der Waals surface area contributed by atoms with E-state index in [1.54, 1.807) is 23.6 Å². The number of nitrogens with zero attached hydrogens (tertiary/aromatic N) is 1. The summed E-state index contributed by atoms with van der Waals surface area (Å²) in [5, 5.41) is 7.66. The second-order valence-electron chi connectivity index (χ2n) is 3.31. The van der Waals surface area contributed by atoms with Crippen LogP contribution in [-0.2, 0) is 13.1 Å². The Morgan fingerprint density at radius 3 is 2.50 bits per heavy atom. The first kappa shape index (κ1) is 11.9. The molecule has 0 bridgehead atoms. The minimum absolute atomic E-state index is 0.665. The molecule has 0 fully saturated rings. The molecule has 0 radical (unpaired) electrons. The maximum atomic E-state index is 5.91. The summed E-state index contributed by atoms with van der Waals surface area (Å²) >= 11 is 13.5. The highest BCUT2D eigenvalue weighted by Gasteiger charge is 1.99. The van der Waals surface area contributed by atoms with Crippen LogP contribution in [0, 0.1) is 0 Å². The summed E-state index contributed by atoms with van der Waals surface area (Å²) in [6, 6.07) is 5.54. The molecule has 0 aliphatic carbocycles. The molecule has 5 heteroatoms.